The lowest BCUT2D eigenvalue weighted by atomic mass is 9.83. The number of hydrogen-bond donors (Lipinski definition) is 0. The Morgan fingerprint density at radius 1 is 1.16 bits per heavy atom. The summed E-state index contributed by atoms with van der Waals surface area (Å²) in [6.07, 6.45) is 5.35. The zero-order valence-electron chi connectivity index (χ0n) is 11.6. The van der Waals surface area contributed by atoms with Crippen LogP contribution in [0.2, 0.25) is 0 Å². The average Bonchev–Trinajstić information content (AvgIpc) is 2.86. The Morgan fingerprint density at radius 2 is 1.68 bits per heavy atom. The van der Waals surface area contributed by atoms with Crippen molar-refractivity contribution < 1.29 is 9.59 Å². The maximum absolute atomic E-state index is 12.4. The lowest BCUT2D eigenvalue weighted by molar-refractivity contribution is -0.146. The normalized spacial score (nSPS) is 34.9. The van der Waals surface area contributed by atoms with Crippen molar-refractivity contribution in [3.8, 4) is 6.07 Å². The topological polar surface area (TPSA) is 61.2 Å². The molecule has 4 nitrogen and oxygen atoms in total. The summed E-state index contributed by atoms with van der Waals surface area (Å²) >= 11 is 0. The zero-order chi connectivity index (χ0) is 13.8. The van der Waals surface area contributed by atoms with Crippen molar-refractivity contribution in [1.82, 2.24) is 4.90 Å². The molecule has 3 fully saturated rings. The van der Waals surface area contributed by atoms with E-state index in [0.29, 0.717) is 0 Å². The summed E-state index contributed by atoms with van der Waals surface area (Å²) in [5.41, 5.74) is -0.183. The third-order valence-electron chi connectivity index (χ3n) is 5.34. The third-order valence-corrected chi connectivity index (χ3v) is 5.34. The van der Waals surface area contributed by atoms with Crippen LogP contribution in [0.15, 0.2) is 0 Å². The van der Waals surface area contributed by atoms with Gasteiger partial charge in [0.25, 0.3) is 0 Å². The van der Waals surface area contributed by atoms with Gasteiger partial charge in [0.1, 0.15) is 6.04 Å². The van der Waals surface area contributed by atoms with Crippen LogP contribution in [0.1, 0.15) is 46.0 Å². The first-order valence-corrected chi connectivity index (χ1v) is 7.26. The summed E-state index contributed by atoms with van der Waals surface area (Å²) in [4.78, 5) is 26.0. The molecule has 2 saturated carbocycles. The lowest BCUT2D eigenvalue weighted by Gasteiger charge is -2.32. The van der Waals surface area contributed by atoms with Crippen LogP contribution in [0.25, 0.3) is 0 Å². The fraction of sp³-hybridized carbons (Fsp3) is 0.800. The van der Waals surface area contributed by atoms with Gasteiger partial charge in [0.15, 0.2) is 0 Å². The molecule has 4 heteroatoms. The molecule has 2 amide bonds. The molecule has 0 aromatic rings. The standard InChI is InChI=1S/C15H20N2O2/c1-15(2)11-12(15)14(19)17(13(11)18)10(8-16)9-6-4-3-5-7-9/h9-12H,3-7H2,1-2H3. The van der Waals surface area contributed by atoms with Crippen LogP contribution < -0.4 is 0 Å². The van der Waals surface area contributed by atoms with Crippen LogP contribution in [-0.2, 0) is 9.59 Å². The van der Waals surface area contributed by atoms with Crippen molar-refractivity contribution in [1.29, 1.82) is 5.26 Å². The number of nitriles is 1. The van der Waals surface area contributed by atoms with Crippen LogP contribution in [0.4, 0.5) is 0 Å². The predicted octanol–water partition coefficient (Wildman–Crippen LogP) is 2.10. The molecule has 102 valence electrons. The highest BCUT2D eigenvalue weighted by Gasteiger charge is 2.73. The van der Waals surface area contributed by atoms with E-state index in [4.69, 9.17) is 0 Å². The quantitative estimate of drug-likeness (QED) is 0.714. The van der Waals surface area contributed by atoms with Gasteiger partial charge < -0.3 is 0 Å². The SMILES string of the molecule is CC1(C)C2C(=O)N(C(C#N)C3CCCCC3)C(=O)C21. The van der Waals surface area contributed by atoms with E-state index in [1.807, 2.05) is 13.8 Å². The van der Waals surface area contributed by atoms with Crippen LogP contribution in [0.3, 0.4) is 0 Å². The highest BCUT2D eigenvalue weighted by molar-refractivity contribution is 6.10. The molecule has 3 unspecified atom stereocenters. The van der Waals surface area contributed by atoms with Gasteiger partial charge in [-0.15, -0.1) is 0 Å². The van der Waals surface area contributed by atoms with Gasteiger partial charge in [-0.1, -0.05) is 33.1 Å². The summed E-state index contributed by atoms with van der Waals surface area (Å²) in [6.45, 7) is 3.94. The number of piperidine rings is 1. The maximum atomic E-state index is 12.4. The van der Waals surface area contributed by atoms with E-state index < -0.39 is 6.04 Å². The van der Waals surface area contributed by atoms with Crippen LogP contribution in [0, 0.1) is 34.5 Å². The number of imide groups is 1. The molecule has 1 heterocycles. The van der Waals surface area contributed by atoms with Gasteiger partial charge in [0, 0.05) is 0 Å². The number of fused-ring (bicyclic) bond motifs is 1. The average molecular weight is 260 g/mol. The van der Waals surface area contributed by atoms with Gasteiger partial charge in [-0.3, -0.25) is 14.5 Å². The Morgan fingerprint density at radius 3 is 2.16 bits per heavy atom. The van der Waals surface area contributed by atoms with E-state index in [9.17, 15) is 14.9 Å². The van der Waals surface area contributed by atoms with Crippen molar-refractivity contribution in [2.75, 3.05) is 0 Å². The Kier molecular flexibility index (Phi) is 2.70. The summed E-state index contributed by atoms with van der Waals surface area (Å²) in [5.74, 6) is -0.347. The largest absolute Gasteiger partial charge is 0.274 e. The van der Waals surface area contributed by atoms with Gasteiger partial charge in [-0.05, 0) is 24.2 Å². The molecule has 3 aliphatic rings. The number of rotatable bonds is 2. The van der Waals surface area contributed by atoms with Crippen molar-refractivity contribution in [2.24, 2.45) is 23.2 Å². The molecule has 0 bridgehead atoms. The summed E-state index contributed by atoms with van der Waals surface area (Å²) in [7, 11) is 0. The second kappa shape index (κ2) is 4.06. The Balaban J connectivity index is 1.81. The lowest BCUT2D eigenvalue weighted by Crippen LogP contribution is -2.47. The van der Waals surface area contributed by atoms with E-state index in [0.717, 1.165) is 25.7 Å². The van der Waals surface area contributed by atoms with Crippen LogP contribution in [0.5, 0.6) is 0 Å². The first-order valence-electron chi connectivity index (χ1n) is 7.26. The van der Waals surface area contributed by atoms with E-state index in [1.54, 1.807) is 0 Å². The number of nitrogens with zero attached hydrogens (tertiary/aromatic N) is 2. The first kappa shape index (κ1) is 12.7. The smallest absolute Gasteiger partial charge is 0.234 e. The van der Waals surface area contributed by atoms with Gasteiger partial charge in [0.2, 0.25) is 11.8 Å². The van der Waals surface area contributed by atoms with Gasteiger partial charge in [-0.25, -0.2) is 0 Å². The summed E-state index contributed by atoms with van der Waals surface area (Å²) in [5, 5.41) is 9.41. The summed E-state index contributed by atoms with van der Waals surface area (Å²) < 4.78 is 0. The fourth-order valence-corrected chi connectivity index (χ4v) is 4.07. The number of amides is 2. The molecule has 2 aliphatic carbocycles. The number of hydrogen-bond acceptors (Lipinski definition) is 3. The maximum Gasteiger partial charge on any atom is 0.234 e. The molecule has 1 aliphatic heterocycles. The highest BCUT2D eigenvalue weighted by Crippen LogP contribution is 2.63. The van der Waals surface area contributed by atoms with Gasteiger partial charge in [-0.2, -0.15) is 5.26 Å². The third kappa shape index (κ3) is 1.64. The minimum Gasteiger partial charge on any atom is -0.274 e. The van der Waals surface area contributed by atoms with E-state index >= 15 is 0 Å². The molecule has 3 rings (SSSR count). The molecule has 0 aromatic carbocycles. The van der Waals surface area contributed by atoms with E-state index in [1.165, 1.54) is 11.3 Å². The molecule has 0 spiro atoms. The van der Waals surface area contributed by atoms with Crippen molar-refractivity contribution in [3.05, 3.63) is 0 Å². The molecule has 0 radical (unpaired) electrons. The predicted molar refractivity (Wildman–Crippen MR) is 68.6 cm³/mol. The summed E-state index contributed by atoms with van der Waals surface area (Å²) in [6, 6.07) is 1.70. The van der Waals surface area contributed by atoms with E-state index in [2.05, 4.69) is 6.07 Å². The second-order valence-electron chi connectivity index (χ2n) is 6.80. The minimum atomic E-state index is -0.524. The molecule has 3 atom stereocenters. The van der Waals surface area contributed by atoms with Crippen molar-refractivity contribution in [2.45, 2.75) is 52.0 Å². The van der Waals surface area contributed by atoms with Crippen molar-refractivity contribution >= 4 is 11.8 Å². The van der Waals surface area contributed by atoms with Crippen molar-refractivity contribution in [3.63, 3.8) is 0 Å². The van der Waals surface area contributed by atoms with Gasteiger partial charge >= 0.3 is 0 Å². The second-order valence-corrected chi connectivity index (χ2v) is 6.80. The van der Waals surface area contributed by atoms with Crippen LogP contribution >= 0.6 is 0 Å². The molecule has 0 N–H and O–H groups in total. The molecule has 19 heavy (non-hydrogen) atoms. The number of likely N-dealkylation sites (tertiary alicyclic amines) is 1. The Hall–Kier alpha value is -1.37. The molecule has 0 aromatic heterocycles. The molecular weight excluding hydrogens is 240 g/mol. The molecule has 1 saturated heterocycles. The Labute approximate surface area is 113 Å². The number of carbonyl (C=O) groups excluding carboxylic acids is 2. The highest BCUT2D eigenvalue weighted by atomic mass is 16.2. The van der Waals surface area contributed by atoms with Gasteiger partial charge in [0.05, 0.1) is 17.9 Å². The molecular formula is C15H20N2O2. The first-order chi connectivity index (χ1) is 9.00. The van der Waals surface area contributed by atoms with Crippen LogP contribution in [-0.4, -0.2) is 22.8 Å². The Bertz CT molecular complexity index is 447. The fourth-order valence-electron chi connectivity index (χ4n) is 4.07. The van der Waals surface area contributed by atoms with E-state index in [-0.39, 0.29) is 35.0 Å². The number of carbonyl (C=O) groups is 2. The minimum absolute atomic E-state index is 0.0999. The monoisotopic (exact) mass is 260 g/mol. The zero-order valence-corrected chi connectivity index (χ0v) is 11.6.